The monoisotopic (exact) mass is 1720 g/mol. The molecule has 0 radical (unpaired) electrons. The van der Waals surface area contributed by atoms with Gasteiger partial charge in [-0.2, -0.15) is 0 Å². The summed E-state index contributed by atoms with van der Waals surface area (Å²) in [5, 5.41) is 62.5. The molecule has 0 spiro atoms. The number of nitrogens with one attached hydrogen (secondary N) is 14. The molecule has 0 fully saturated rings. The van der Waals surface area contributed by atoms with Crippen LogP contribution in [0.25, 0.3) is 0 Å². The first-order valence-electron chi connectivity index (χ1n) is 40.8. The molecule has 684 valence electrons. The van der Waals surface area contributed by atoms with Gasteiger partial charge in [0.15, 0.2) is 11.9 Å². The molecule has 15 amide bonds. The Morgan fingerprint density at radius 2 is 0.760 bits per heavy atom. The van der Waals surface area contributed by atoms with E-state index in [0.717, 1.165) is 0 Å². The number of aliphatic carboxylic acids is 2. The van der Waals surface area contributed by atoms with Gasteiger partial charge in [-0.15, -0.1) is 0 Å². The number of hydrogen-bond donors (Lipinski definition) is 25. The molecule has 0 saturated heterocycles. The number of nitrogens with two attached hydrogens (primary N) is 8. The summed E-state index contributed by atoms with van der Waals surface area (Å²) < 4.78 is 0. The third-order valence-electron chi connectivity index (χ3n) is 18.9. The van der Waals surface area contributed by atoms with Crippen molar-refractivity contribution in [2.24, 2.45) is 91.4 Å². The molecule has 0 aliphatic heterocycles. The molecule has 0 aliphatic rings. The van der Waals surface area contributed by atoms with E-state index in [0.29, 0.717) is 12.8 Å². The molecule has 0 unspecified atom stereocenters. The van der Waals surface area contributed by atoms with E-state index in [-0.39, 0.29) is 125 Å². The van der Waals surface area contributed by atoms with E-state index < -0.39 is 242 Å². The number of carbonyl (C=O) groups is 17. The third-order valence-corrected chi connectivity index (χ3v) is 18.9. The number of aliphatic hydroxyl groups excluding tert-OH is 1. The lowest BCUT2D eigenvalue weighted by atomic mass is 9.96. The lowest BCUT2D eigenvalue weighted by molar-refractivity contribution is -0.143. The van der Waals surface area contributed by atoms with Crippen LogP contribution in [0.4, 0.5) is 0 Å². The zero-order valence-corrected chi connectivity index (χ0v) is 71.5. The van der Waals surface area contributed by atoms with Gasteiger partial charge in [0.1, 0.15) is 78.5 Å². The Bertz CT molecular complexity index is 3630. The highest BCUT2D eigenvalue weighted by molar-refractivity contribution is 6.01. The van der Waals surface area contributed by atoms with E-state index in [1.165, 1.54) is 12.5 Å². The van der Waals surface area contributed by atoms with Crippen LogP contribution in [0.15, 0.2) is 22.5 Å². The highest BCUT2D eigenvalue weighted by Crippen LogP contribution is 2.17. The third kappa shape index (κ3) is 43.4. The van der Waals surface area contributed by atoms with Gasteiger partial charge >= 0.3 is 11.9 Å². The van der Waals surface area contributed by atoms with Crippen LogP contribution in [-0.2, 0) is 87.9 Å². The molecule has 15 atom stereocenters. The average Bonchev–Trinajstić information content (AvgIpc) is 1.68. The standard InChI is InChI=1S/C76H135N25O20/c1-13-42(12)60(101-71(117)55(35-102)99-68(114)52(31-40(8)9)97-72(118)59(41(10)11)100-61(107)44(78)18-16-26-86-75(81)82)73(119)98-51(30-39(6)7)66(112)90-46(20-17-27-87-76(83)84)63(109)95-53(32-43-34-85-36-88-43)69(115)91-47(21-23-56(79)103)64(110)96-54(33-57(80)104)70(116)94-50(29-38(4)5)67(113)93-49(28-37(2)3)65(111)89-45(19-14-15-25-77)62(108)92-48(74(120)121)22-24-58(105)106/h34,36-42,44-55,59-60,102H,13-33,35,77-78H2,1-12H3,(H2,79,103)(H2,80,104)(H,85,88)(H,89,111)(H,90,112)(H,91,115)(H,92,108)(H,93,113)(H,94,116)(H,95,109)(H,96,110)(H,97,118)(H,98,119)(H,99,114)(H,100,107)(H,101,117)(H,105,106)(H,120,121)(H4,81,82,86)(H4,83,84,87)/t42-,44-,45-,46-,47-,48-,49-,50-,51-,52-,53-,54-,55-,59-,60-/m0/s1. The van der Waals surface area contributed by atoms with Gasteiger partial charge in [0.25, 0.3) is 0 Å². The summed E-state index contributed by atoms with van der Waals surface area (Å²) in [6.45, 7) is 19.7. The average molecular weight is 1720 g/mol. The van der Waals surface area contributed by atoms with Crippen LogP contribution in [0.5, 0.6) is 0 Å². The molecule has 121 heavy (non-hydrogen) atoms. The first-order valence-corrected chi connectivity index (χ1v) is 40.8. The van der Waals surface area contributed by atoms with E-state index in [2.05, 4.69) is 89.1 Å². The first kappa shape index (κ1) is 108. The van der Waals surface area contributed by atoms with Crippen LogP contribution >= 0.6 is 0 Å². The van der Waals surface area contributed by atoms with Crippen molar-refractivity contribution < 1.29 is 96.8 Å². The van der Waals surface area contributed by atoms with Crippen molar-refractivity contribution in [1.29, 1.82) is 0 Å². The second-order valence-corrected chi connectivity index (χ2v) is 32.0. The van der Waals surface area contributed by atoms with Gasteiger partial charge < -0.3 is 135 Å². The molecule has 0 aromatic carbocycles. The van der Waals surface area contributed by atoms with Crippen LogP contribution in [0.2, 0.25) is 0 Å². The number of carboxylic acids is 2. The lowest BCUT2D eigenvalue weighted by Crippen LogP contribution is -2.62. The van der Waals surface area contributed by atoms with Crippen molar-refractivity contribution in [3.63, 3.8) is 0 Å². The van der Waals surface area contributed by atoms with Crippen molar-refractivity contribution in [2.75, 3.05) is 26.2 Å². The summed E-state index contributed by atoms with van der Waals surface area (Å²) in [5.74, 6) is -20.6. The largest absolute Gasteiger partial charge is 0.481 e. The van der Waals surface area contributed by atoms with Gasteiger partial charge in [0.2, 0.25) is 88.6 Å². The predicted octanol–water partition coefficient (Wildman–Crippen LogP) is -6.21. The molecule has 1 aromatic heterocycles. The molecule has 1 aromatic rings. The Morgan fingerprint density at radius 3 is 1.15 bits per heavy atom. The second-order valence-electron chi connectivity index (χ2n) is 32.0. The highest BCUT2D eigenvalue weighted by Gasteiger charge is 2.40. The van der Waals surface area contributed by atoms with Gasteiger partial charge in [0.05, 0.1) is 25.4 Å². The smallest absolute Gasteiger partial charge is 0.326 e. The summed E-state index contributed by atoms with van der Waals surface area (Å²) in [6.07, 6.45) is -0.271. The number of aromatic nitrogens is 2. The zero-order valence-electron chi connectivity index (χ0n) is 71.5. The van der Waals surface area contributed by atoms with Crippen LogP contribution in [-0.4, -0.2) is 249 Å². The maximum absolute atomic E-state index is 14.9. The van der Waals surface area contributed by atoms with Gasteiger partial charge in [-0.25, -0.2) is 9.78 Å². The Labute approximate surface area is 704 Å². The second kappa shape index (κ2) is 56.2. The fourth-order valence-electron chi connectivity index (χ4n) is 12.2. The number of aliphatic hydroxyl groups is 1. The number of aromatic amines is 1. The minimum atomic E-state index is -1.93. The number of nitrogens with zero attached hydrogens (tertiary/aromatic N) is 3. The normalized spacial score (nSPS) is 15.0. The summed E-state index contributed by atoms with van der Waals surface area (Å²) in [7, 11) is 0. The predicted molar refractivity (Wildman–Crippen MR) is 444 cm³/mol. The number of hydrogen-bond acceptors (Lipinski definition) is 23. The van der Waals surface area contributed by atoms with E-state index >= 15 is 0 Å². The number of rotatable bonds is 61. The van der Waals surface area contributed by atoms with Crippen molar-refractivity contribution in [3.8, 4) is 0 Å². The highest BCUT2D eigenvalue weighted by atomic mass is 16.4. The molecule has 45 nitrogen and oxygen atoms in total. The van der Waals surface area contributed by atoms with Crippen molar-refractivity contribution >= 4 is 112 Å². The molecule has 45 heteroatoms. The molecule has 33 N–H and O–H groups in total. The fraction of sp³-hybridized carbons (Fsp3) is 0.711. The zero-order chi connectivity index (χ0) is 92.1. The van der Waals surface area contributed by atoms with Crippen LogP contribution in [0.3, 0.4) is 0 Å². The number of primary amides is 2. The maximum atomic E-state index is 14.9. The van der Waals surface area contributed by atoms with Crippen molar-refractivity contribution in [3.05, 3.63) is 18.2 Å². The molecule has 1 rings (SSSR count). The number of amides is 15. The van der Waals surface area contributed by atoms with Crippen molar-refractivity contribution in [2.45, 2.75) is 283 Å². The number of carboxylic acid groups (broad SMARTS) is 2. The number of aliphatic imine (C=N–C) groups is 2. The molecule has 0 bridgehead atoms. The quantitative estimate of drug-likeness (QED) is 0.0164. The van der Waals surface area contributed by atoms with Crippen LogP contribution in [0, 0.1) is 35.5 Å². The Hall–Kier alpha value is -11.4. The Kier molecular flexibility index (Phi) is 50.0. The van der Waals surface area contributed by atoms with Crippen LogP contribution in [0.1, 0.15) is 198 Å². The van der Waals surface area contributed by atoms with Crippen LogP contribution < -0.4 is 115 Å². The SMILES string of the molecule is CC[C@H](C)[C@H](NC(=O)[C@H](CO)NC(=O)[C@H](CC(C)C)NC(=O)[C@@H](NC(=O)[C@@H](N)CCCN=C(N)N)C(C)C)C(=O)N[C@@H](CC(C)C)C(=O)N[C@@H](CCCN=C(N)N)C(=O)N[C@@H](Cc1cnc[nH]1)C(=O)N[C@@H](CCC(N)=O)C(=O)N[C@@H](CC(N)=O)C(=O)N[C@@H](CC(C)C)C(=O)N[C@@H](CC(C)C)C(=O)N[C@@H](CCCCN)C(=O)N[C@@H](CCC(=O)O)C(=O)O. The summed E-state index contributed by atoms with van der Waals surface area (Å²) in [5.41, 5.74) is 45.2. The topological polar surface area (TPSA) is 769 Å². The van der Waals surface area contributed by atoms with Gasteiger partial charge in [-0.05, 0) is 126 Å². The van der Waals surface area contributed by atoms with Gasteiger partial charge in [-0.1, -0.05) is 89.5 Å². The summed E-state index contributed by atoms with van der Waals surface area (Å²) in [4.78, 5) is 249. The number of unbranched alkanes of at least 4 members (excludes halogenated alkanes) is 1. The van der Waals surface area contributed by atoms with E-state index in [4.69, 9.17) is 45.9 Å². The van der Waals surface area contributed by atoms with Crippen molar-refractivity contribution in [1.82, 2.24) is 79.1 Å². The molecule has 0 saturated carbocycles. The minimum absolute atomic E-state index is 0.00746. The lowest BCUT2D eigenvalue weighted by Gasteiger charge is -2.30. The number of carbonyl (C=O) groups excluding carboxylic acids is 15. The number of guanidine groups is 2. The van der Waals surface area contributed by atoms with E-state index in [1.807, 2.05) is 0 Å². The summed E-state index contributed by atoms with van der Waals surface area (Å²) in [6, 6.07) is -21.3. The van der Waals surface area contributed by atoms with Gasteiger partial charge in [-0.3, -0.25) is 86.7 Å². The first-order chi connectivity index (χ1) is 56.6. The number of imidazole rings is 1. The van der Waals surface area contributed by atoms with E-state index in [9.17, 15) is 96.8 Å². The van der Waals surface area contributed by atoms with Gasteiger partial charge in [0, 0.05) is 44.2 Å². The Morgan fingerprint density at radius 1 is 0.405 bits per heavy atom. The minimum Gasteiger partial charge on any atom is -0.481 e. The number of H-pyrrole nitrogens is 1. The summed E-state index contributed by atoms with van der Waals surface area (Å²) >= 11 is 0. The fourth-order valence-corrected chi connectivity index (χ4v) is 12.2. The molecule has 1 heterocycles. The van der Waals surface area contributed by atoms with E-state index in [1.54, 1.807) is 83.1 Å². The molecular formula is C76H135N25O20. The molecular weight excluding hydrogens is 1580 g/mol. The maximum Gasteiger partial charge on any atom is 0.326 e. The Balaban J connectivity index is 3.80. The molecule has 0 aliphatic carbocycles.